The molecule has 0 aromatic heterocycles. The molecule has 0 heterocycles. The fourth-order valence-electron chi connectivity index (χ4n) is 15.0. The van der Waals surface area contributed by atoms with E-state index in [9.17, 15) is 0 Å². The van der Waals surface area contributed by atoms with Crippen LogP contribution < -0.4 is 4.90 Å². The summed E-state index contributed by atoms with van der Waals surface area (Å²) in [6, 6.07) is 29.9. The summed E-state index contributed by atoms with van der Waals surface area (Å²) >= 11 is 0. The van der Waals surface area contributed by atoms with Gasteiger partial charge in [-0.3, -0.25) is 0 Å². The van der Waals surface area contributed by atoms with Crippen LogP contribution in [0, 0.1) is 40.9 Å². The predicted molar refractivity (Wildman–Crippen MR) is 189 cm³/mol. The molecule has 238 valence electrons. The van der Waals surface area contributed by atoms with Crippen molar-refractivity contribution in [2.45, 2.75) is 126 Å². The van der Waals surface area contributed by atoms with E-state index in [4.69, 9.17) is 0 Å². The molecule has 46 heavy (non-hydrogen) atoms. The SMILES string of the molecule is c1cc(N(c2ccc(C34CC5CC(CC(C5)C3)C4)cc2)c2ccc(C34CC5CC6CC(C3)C4(C6)C5)cc2)ccc1C1CCCCC1. The van der Waals surface area contributed by atoms with Crippen molar-refractivity contribution in [1.29, 1.82) is 0 Å². The number of benzene rings is 3. The van der Waals surface area contributed by atoms with Crippen LogP contribution >= 0.6 is 0 Å². The maximum absolute atomic E-state index is 2.57. The van der Waals surface area contributed by atoms with E-state index >= 15 is 0 Å². The molecule has 7 bridgehead atoms. The Morgan fingerprint density at radius 2 is 0.978 bits per heavy atom. The summed E-state index contributed by atoms with van der Waals surface area (Å²) in [5.74, 6) is 6.78. The van der Waals surface area contributed by atoms with Crippen LogP contribution in [-0.4, -0.2) is 0 Å². The molecule has 1 spiro atoms. The largest absolute Gasteiger partial charge is 0.311 e. The van der Waals surface area contributed by atoms with Gasteiger partial charge in [-0.2, -0.15) is 0 Å². The van der Waals surface area contributed by atoms with Gasteiger partial charge in [0.05, 0.1) is 0 Å². The minimum Gasteiger partial charge on any atom is -0.311 e. The molecule has 12 rings (SSSR count). The Balaban J connectivity index is 0.942. The lowest BCUT2D eigenvalue weighted by molar-refractivity contribution is -0.0355. The van der Waals surface area contributed by atoms with E-state index in [0.717, 1.165) is 41.4 Å². The molecule has 0 aliphatic heterocycles. The Bertz CT molecular complexity index is 1580. The van der Waals surface area contributed by atoms with Crippen LogP contribution in [0.2, 0.25) is 0 Å². The molecule has 9 fully saturated rings. The highest BCUT2D eigenvalue weighted by atomic mass is 15.1. The molecule has 1 heteroatoms. The number of anilines is 3. The minimum absolute atomic E-state index is 0.458. The van der Waals surface area contributed by atoms with Gasteiger partial charge in [0.25, 0.3) is 0 Å². The maximum atomic E-state index is 2.57. The van der Waals surface area contributed by atoms with Crippen LogP contribution in [0.25, 0.3) is 0 Å². The number of nitrogens with zero attached hydrogens (tertiary/aromatic N) is 1. The van der Waals surface area contributed by atoms with Crippen LogP contribution in [0.15, 0.2) is 72.8 Å². The smallest absolute Gasteiger partial charge is 0.0461 e. The molecule has 0 amide bonds. The summed E-state index contributed by atoms with van der Waals surface area (Å²) in [6.45, 7) is 0. The van der Waals surface area contributed by atoms with Gasteiger partial charge in [-0.25, -0.2) is 0 Å². The van der Waals surface area contributed by atoms with Crippen molar-refractivity contribution in [1.82, 2.24) is 0 Å². The van der Waals surface area contributed by atoms with Crippen LogP contribution in [0.1, 0.15) is 132 Å². The third-order valence-corrected chi connectivity index (χ3v) is 16.2. The third kappa shape index (κ3) is 3.81. The summed E-state index contributed by atoms with van der Waals surface area (Å²) < 4.78 is 0. The van der Waals surface area contributed by atoms with Gasteiger partial charge in [0, 0.05) is 22.5 Å². The summed E-state index contributed by atoms with van der Waals surface area (Å²) in [5, 5.41) is 0. The Morgan fingerprint density at radius 3 is 1.61 bits per heavy atom. The Labute approximate surface area is 277 Å². The van der Waals surface area contributed by atoms with Gasteiger partial charge in [-0.15, -0.1) is 0 Å². The molecule has 9 aliphatic carbocycles. The Hall–Kier alpha value is -2.54. The maximum Gasteiger partial charge on any atom is 0.0461 e. The molecule has 1 nitrogen and oxygen atoms in total. The van der Waals surface area contributed by atoms with Gasteiger partial charge in [0.2, 0.25) is 0 Å². The summed E-state index contributed by atoms with van der Waals surface area (Å²) in [6.07, 6.45) is 24.9. The lowest BCUT2D eigenvalue weighted by Gasteiger charge is -2.59. The van der Waals surface area contributed by atoms with Crippen LogP contribution in [-0.2, 0) is 10.8 Å². The lowest BCUT2D eigenvalue weighted by Crippen LogP contribution is -2.55. The predicted octanol–water partition coefficient (Wildman–Crippen LogP) is 12.1. The standard InChI is InChI=1S/C45H53N/c1-2-4-35(5-3-1)36-6-12-40(13-7-36)46(41-14-8-37(9-15-41)43-23-30-18-31(24-43)20-32(19-30)25-43)42-16-10-38(11-17-42)45-28-34-21-33-22-39(29-45)44(45,26-33)27-34/h6-17,30-35,39H,1-5,18-29H2. The van der Waals surface area contributed by atoms with E-state index in [2.05, 4.69) is 77.7 Å². The molecule has 9 aliphatic rings. The first-order chi connectivity index (χ1) is 22.6. The first-order valence-corrected chi connectivity index (χ1v) is 19.7. The Morgan fingerprint density at radius 1 is 0.457 bits per heavy atom. The number of fused-ring (bicyclic) bond motifs is 2. The second-order valence-corrected chi connectivity index (χ2v) is 18.5. The van der Waals surface area contributed by atoms with Crippen LogP contribution in [0.4, 0.5) is 17.1 Å². The fourth-order valence-corrected chi connectivity index (χ4v) is 15.0. The van der Waals surface area contributed by atoms with Gasteiger partial charge in [-0.05, 0) is 195 Å². The Kier molecular flexibility index (Phi) is 5.82. The molecular formula is C45H53N. The molecule has 0 radical (unpaired) electrons. The topological polar surface area (TPSA) is 3.24 Å². The second kappa shape index (κ2) is 9.76. The van der Waals surface area contributed by atoms with Crippen molar-refractivity contribution in [2.24, 2.45) is 40.9 Å². The van der Waals surface area contributed by atoms with Gasteiger partial charge in [0.1, 0.15) is 0 Å². The lowest BCUT2D eigenvalue weighted by atomic mass is 9.44. The zero-order valence-electron chi connectivity index (χ0n) is 27.9. The molecule has 3 aromatic rings. The van der Waals surface area contributed by atoms with E-state index in [0.29, 0.717) is 16.2 Å². The summed E-state index contributed by atoms with van der Waals surface area (Å²) in [7, 11) is 0. The van der Waals surface area contributed by atoms with Crippen molar-refractivity contribution in [3.05, 3.63) is 89.5 Å². The van der Waals surface area contributed by atoms with E-state index in [-0.39, 0.29) is 0 Å². The van der Waals surface area contributed by atoms with Crippen molar-refractivity contribution in [3.63, 3.8) is 0 Å². The number of hydrogen-bond donors (Lipinski definition) is 0. The molecule has 0 N–H and O–H groups in total. The second-order valence-electron chi connectivity index (χ2n) is 18.5. The minimum atomic E-state index is 0.458. The zero-order chi connectivity index (χ0) is 30.1. The van der Waals surface area contributed by atoms with E-state index in [1.807, 2.05) is 0 Å². The van der Waals surface area contributed by atoms with Crippen molar-refractivity contribution in [2.75, 3.05) is 4.90 Å². The molecule has 9 saturated carbocycles. The molecule has 5 atom stereocenters. The number of hydrogen-bond acceptors (Lipinski definition) is 1. The molecule has 5 unspecified atom stereocenters. The average Bonchev–Trinajstić information content (AvgIpc) is 3.40. The van der Waals surface area contributed by atoms with Crippen molar-refractivity contribution in [3.8, 4) is 0 Å². The van der Waals surface area contributed by atoms with Gasteiger partial charge in [-0.1, -0.05) is 55.7 Å². The third-order valence-electron chi connectivity index (χ3n) is 16.2. The van der Waals surface area contributed by atoms with Gasteiger partial charge < -0.3 is 4.90 Å². The zero-order valence-corrected chi connectivity index (χ0v) is 27.9. The fraction of sp³-hybridized carbons (Fsp3) is 0.600. The molecule has 3 aromatic carbocycles. The first-order valence-electron chi connectivity index (χ1n) is 19.7. The van der Waals surface area contributed by atoms with E-state index in [1.165, 1.54) is 120 Å². The molecular weight excluding hydrogens is 555 g/mol. The highest BCUT2D eigenvalue weighted by Crippen LogP contribution is 2.81. The summed E-state index contributed by atoms with van der Waals surface area (Å²) in [4.78, 5) is 2.57. The van der Waals surface area contributed by atoms with Crippen LogP contribution in [0.3, 0.4) is 0 Å². The van der Waals surface area contributed by atoms with E-state index < -0.39 is 0 Å². The number of rotatable bonds is 6. The van der Waals surface area contributed by atoms with Crippen molar-refractivity contribution < 1.29 is 0 Å². The highest BCUT2D eigenvalue weighted by molar-refractivity contribution is 5.77. The van der Waals surface area contributed by atoms with Gasteiger partial charge >= 0.3 is 0 Å². The van der Waals surface area contributed by atoms with E-state index in [1.54, 1.807) is 23.1 Å². The average molecular weight is 608 g/mol. The monoisotopic (exact) mass is 607 g/mol. The molecule has 0 saturated heterocycles. The quantitative estimate of drug-likeness (QED) is 0.269. The van der Waals surface area contributed by atoms with Gasteiger partial charge in [0.15, 0.2) is 0 Å². The van der Waals surface area contributed by atoms with Crippen molar-refractivity contribution >= 4 is 17.1 Å². The highest BCUT2D eigenvalue weighted by Gasteiger charge is 2.74. The normalized spacial score (nSPS) is 41.5. The summed E-state index contributed by atoms with van der Waals surface area (Å²) in [5.41, 5.74) is 10.4. The van der Waals surface area contributed by atoms with Crippen LogP contribution in [0.5, 0.6) is 0 Å². The first kappa shape index (κ1) is 27.4.